The van der Waals surface area contributed by atoms with E-state index in [0.717, 1.165) is 49.3 Å². The quantitative estimate of drug-likeness (QED) is 0.126. The number of H-pyrrole nitrogens is 4. The minimum atomic E-state index is -0.191. The summed E-state index contributed by atoms with van der Waals surface area (Å²) in [5, 5.41) is 5.46. The van der Waals surface area contributed by atoms with Gasteiger partial charge in [-0.25, -0.2) is 8.78 Å². The molecule has 0 aliphatic rings. The molecule has 0 spiro atoms. The van der Waals surface area contributed by atoms with Gasteiger partial charge in [0.05, 0.1) is 0 Å². The van der Waals surface area contributed by atoms with Crippen LogP contribution in [0.4, 0.5) is 8.78 Å². The van der Waals surface area contributed by atoms with Crippen LogP contribution in [0.1, 0.15) is 45.0 Å². The van der Waals surface area contributed by atoms with Crippen LogP contribution in [0.25, 0.3) is 43.6 Å². The number of para-hydroxylation sites is 1. The summed E-state index contributed by atoms with van der Waals surface area (Å²) in [4.78, 5) is 12.9. The molecule has 0 bridgehead atoms. The van der Waals surface area contributed by atoms with Crippen LogP contribution >= 0.6 is 11.6 Å². The second-order valence-electron chi connectivity index (χ2n) is 12.1. The van der Waals surface area contributed by atoms with Crippen molar-refractivity contribution in [2.75, 3.05) is 0 Å². The van der Waals surface area contributed by atoms with E-state index in [9.17, 15) is 8.78 Å². The molecule has 8 rings (SSSR count). The predicted molar refractivity (Wildman–Crippen MR) is 196 cm³/mol. The second kappa shape index (κ2) is 13.9. The summed E-state index contributed by atoms with van der Waals surface area (Å²) < 4.78 is 25.6. The Morgan fingerprint density at radius 2 is 0.809 bits per heavy atom. The lowest BCUT2D eigenvalue weighted by Crippen LogP contribution is -1.73. The van der Waals surface area contributed by atoms with E-state index in [0.29, 0.717) is 0 Å². The molecule has 0 amide bonds. The van der Waals surface area contributed by atoms with Crippen molar-refractivity contribution in [1.82, 2.24) is 19.9 Å². The molecule has 0 radical (unpaired) electrons. The molecule has 0 saturated carbocycles. The van der Waals surface area contributed by atoms with Gasteiger partial charge in [-0.1, -0.05) is 35.9 Å². The van der Waals surface area contributed by atoms with Crippen molar-refractivity contribution < 1.29 is 8.78 Å². The topological polar surface area (TPSA) is 63.2 Å². The number of rotatable bonds is 0. The van der Waals surface area contributed by atoms with Crippen LogP contribution in [0.15, 0.2) is 78.9 Å². The Morgan fingerprint density at radius 1 is 0.404 bits per heavy atom. The van der Waals surface area contributed by atoms with Gasteiger partial charge in [0.25, 0.3) is 0 Å². The maximum Gasteiger partial charge on any atom is 0.125 e. The minimum Gasteiger partial charge on any atom is -0.358 e. The number of benzene rings is 4. The SMILES string of the molecule is Cc1[nH]c2cc(Cl)ccc2c1C.Cc1[nH]c2cc(F)ccc2c1C.Cc1[nH]c2ccc(F)cc2c1C.Cc1[nH]c2ccccc2c1C. The van der Waals surface area contributed by atoms with E-state index in [-0.39, 0.29) is 11.6 Å². The number of aromatic nitrogens is 4. The first-order valence-corrected chi connectivity index (χ1v) is 16.0. The molecule has 4 aromatic heterocycles. The number of aryl methyl sites for hydroxylation is 8. The van der Waals surface area contributed by atoms with E-state index in [1.165, 1.54) is 62.6 Å². The molecule has 0 fully saturated rings. The average molecular weight is 651 g/mol. The van der Waals surface area contributed by atoms with Crippen LogP contribution in [-0.4, -0.2) is 19.9 Å². The summed E-state index contributed by atoms with van der Waals surface area (Å²) >= 11 is 5.86. The molecule has 0 aliphatic heterocycles. The van der Waals surface area contributed by atoms with Gasteiger partial charge in [0.15, 0.2) is 0 Å². The Labute approximate surface area is 279 Å². The van der Waals surface area contributed by atoms with E-state index in [2.05, 4.69) is 78.0 Å². The fourth-order valence-corrected chi connectivity index (χ4v) is 5.91. The standard InChI is InChI=1S/C10H10ClN.2C10H10FN.C10H11N/c1-6-7(2)12-10-5-8(11)3-4-9(6)10;1-6-7(2)12-10-4-3-8(11)5-9(6)10;1-6-7(2)12-10-5-8(11)3-4-9(6)10;1-7-8(2)11-10-6-4-3-5-9(7)10/h3*3-5,12H,1-2H3;3-6,11H,1-2H3. The number of hydrogen-bond acceptors (Lipinski definition) is 0. The first-order valence-electron chi connectivity index (χ1n) is 15.6. The monoisotopic (exact) mass is 650 g/mol. The average Bonchev–Trinajstić information content (AvgIpc) is 3.70. The summed E-state index contributed by atoms with van der Waals surface area (Å²) in [6.07, 6.45) is 0. The van der Waals surface area contributed by atoms with Crippen molar-refractivity contribution in [3.05, 3.63) is 141 Å². The predicted octanol–water partition coefficient (Wildman–Crippen LogP) is 12.1. The highest BCUT2D eigenvalue weighted by atomic mass is 35.5. The molecule has 0 aliphatic carbocycles. The Balaban J connectivity index is 0.000000123. The second-order valence-corrected chi connectivity index (χ2v) is 12.6. The zero-order valence-electron chi connectivity index (χ0n) is 28.1. The third-order valence-corrected chi connectivity index (χ3v) is 9.26. The van der Waals surface area contributed by atoms with Gasteiger partial charge in [0.2, 0.25) is 0 Å². The molecular formula is C40H41ClF2N4. The van der Waals surface area contributed by atoms with Crippen LogP contribution in [0.3, 0.4) is 0 Å². The third-order valence-electron chi connectivity index (χ3n) is 9.03. The summed E-state index contributed by atoms with van der Waals surface area (Å²) in [5.41, 5.74) is 13.9. The number of halogens is 3. The van der Waals surface area contributed by atoms with Crippen LogP contribution in [0.2, 0.25) is 5.02 Å². The number of nitrogens with one attached hydrogen (secondary N) is 4. The Bertz CT molecular complexity index is 2250. The van der Waals surface area contributed by atoms with E-state index in [1.807, 2.05) is 45.9 Å². The van der Waals surface area contributed by atoms with Crippen LogP contribution < -0.4 is 0 Å². The summed E-state index contributed by atoms with van der Waals surface area (Å²) in [5.74, 6) is -0.367. The van der Waals surface area contributed by atoms with Crippen LogP contribution in [0.5, 0.6) is 0 Å². The van der Waals surface area contributed by atoms with Crippen molar-refractivity contribution in [3.63, 3.8) is 0 Å². The van der Waals surface area contributed by atoms with E-state index < -0.39 is 0 Å². The first kappa shape index (κ1) is 33.6. The van der Waals surface area contributed by atoms with E-state index in [4.69, 9.17) is 11.6 Å². The van der Waals surface area contributed by atoms with Gasteiger partial charge >= 0.3 is 0 Å². The Hall–Kier alpha value is -4.81. The van der Waals surface area contributed by atoms with Gasteiger partial charge in [-0.2, -0.15) is 0 Å². The summed E-state index contributed by atoms with van der Waals surface area (Å²) in [7, 11) is 0. The van der Waals surface area contributed by atoms with Crippen molar-refractivity contribution in [1.29, 1.82) is 0 Å². The lowest BCUT2D eigenvalue weighted by atomic mass is 10.1. The molecule has 0 unspecified atom stereocenters. The third kappa shape index (κ3) is 7.28. The fourth-order valence-electron chi connectivity index (χ4n) is 5.74. The Morgan fingerprint density at radius 3 is 1.38 bits per heavy atom. The Kier molecular flexibility index (Phi) is 9.92. The van der Waals surface area contributed by atoms with Gasteiger partial charge in [-0.05, 0) is 132 Å². The molecule has 8 aromatic rings. The number of fused-ring (bicyclic) bond motifs is 4. The molecule has 4 N–H and O–H groups in total. The summed E-state index contributed by atoms with van der Waals surface area (Å²) in [6.45, 7) is 16.5. The van der Waals surface area contributed by atoms with Gasteiger partial charge < -0.3 is 19.9 Å². The first-order chi connectivity index (χ1) is 22.3. The molecule has 7 heteroatoms. The van der Waals surface area contributed by atoms with Crippen molar-refractivity contribution in [2.24, 2.45) is 0 Å². The molecular weight excluding hydrogens is 610 g/mol. The zero-order valence-corrected chi connectivity index (χ0v) is 28.9. The van der Waals surface area contributed by atoms with Gasteiger partial charge in [0.1, 0.15) is 11.6 Å². The van der Waals surface area contributed by atoms with Crippen LogP contribution in [0, 0.1) is 67.0 Å². The molecule has 47 heavy (non-hydrogen) atoms. The minimum absolute atomic E-state index is 0.176. The number of aromatic amines is 4. The maximum atomic E-state index is 12.8. The van der Waals surface area contributed by atoms with E-state index in [1.54, 1.807) is 12.1 Å². The van der Waals surface area contributed by atoms with Gasteiger partial charge in [-0.3, -0.25) is 0 Å². The smallest absolute Gasteiger partial charge is 0.125 e. The van der Waals surface area contributed by atoms with Gasteiger partial charge in [-0.15, -0.1) is 0 Å². The van der Waals surface area contributed by atoms with Crippen molar-refractivity contribution >= 4 is 55.2 Å². The highest BCUT2D eigenvalue weighted by Crippen LogP contribution is 2.25. The molecule has 0 atom stereocenters. The molecule has 4 heterocycles. The van der Waals surface area contributed by atoms with Crippen molar-refractivity contribution in [3.8, 4) is 0 Å². The largest absolute Gasteiger partial charge is 0.358 e. The number of hydrogen-bond donors (Lipinski definition) is 4. The zero-order chi connectivity index (χ0) is 34.0. The van der Waals surface area contributed by atoms with Gasteiger partial charge in [0, 0.05) is 71.4 Å². The molecule has 4 aromatic carbocycles. The highest BCUT2D eigenvalue weighted by Gasteiger charge is 2.06. The molecule has 0 saturated heterocycles. The summed E-state index contributed by atoms with van der Waals surface area (Å²) in [6, 6.07) is 23.9. The molecule has 4 nitrogen and oxygen atoms in total. The maximum absolute atomic E-state index is 12.8. The lowest BCUT2D eigenvalue weighted by molar-refractivity contribution is 0.629. The van der Waals surface area contributed by atoms with Crippen LogP contribution in [-0.2, 0) is 0 Å². The lowest BCUT2D eigenvalue weighted by Gasteiger charge is -1.91. The molecule has 242 valence electrons. The van der Waals surface area contributed by atoms with Crippen molar-refractivity contribution in [2.45, 2.75) is 55.4 Å². The fraction of sp³-hybridized carbons (Fsp3) is 0.200. The van der Waals surface area contributed by atoms with E-state index >= 15 is 0 Å². The normalized spacial score (nSPS) is 10.9. The highest BCUT2D eigenvalue weighted by molar-refractivity contribution is 6.31.